The fourth-order valence-electron chi connectivity index (χ4n) is 3.45. The lowest BCUT2D eigenvalue weighted by atomic mass is 10.1. The number of ether oxygens (including phenoxy) is 1. The molecule has 2 N–H and O–H groups in total. The van der Waals surface area contributed by atoms with Crippen molar-refractivity contribution in [3.63, 3.8) is 0 Å². The quantitative estimate of drug-likeness (QED) is 0.230. The van der Waals surface area contributed by atoms with Crippen LogP contribution in [-0.4, -0.2) is 55.6 Å². The predicted octanol–water partition coefficient (Wildman–Crippen LogP) is 3.83. The Bertz CT molecular complexity index is 817. The molecule has 1 saturated heterocycles. The summed E-state index contributed by atoms with van der Waals surface area (Å²) in [5.74, 6) is 2.08. The number of nitrogens with zero attached hydrogens (tertiary/aromatic N) is 2. The monoisotopic (exact) mass is 540 g/mol. The minimum atomic E-state index is -0.172. The van der Waals surface area contributed by atoms with Gasteiger partial charge in [0.05, 0.1) is 6.26 Å². The third-order valence-electron chi connectivity index (χ3n) is 5.07. The van der Waals surface area contributed by atoms with Crippen LogP contribution in [-0.2, 0) is 0 Å². The third kappa shape index (κ3) is 7.75. The number of amides is 1. The van der Waals surface area contributed by atoms with Gasteiger partial charge in [-0.1, -0.05) is 18.2 Å². The summed E-state index contributed by atoms with van der Waals surface area (Å²) in [4.78, 5) is 19.1. The Hall–Kier alpha value is -2.23. The average Bonchev–Trinajstić information content (AvgIpc) is 3.20. The van der Waals surface area contributed by atoms with Crippen molar-refractivity contribution in [1.29, 1.82) is 0 Å². The number of benzene rings is 1. The Kier molecular flexibility index (Phi) is 10.7. The van der Waals surface area contributed by atoms with Crippen molar-refractivity contribution in [2.75, 3.05) is 32.7 Å². The maximum absolute atomic E-state index is 12.1. The van der Waals surface area contributed by atoms with E-state index in [9.17, 15) is 4.79 Å². The molecule has 2 aromatic rings. The number of nitrogens with one attached hydrogen (secondary N) is 2. The van der Waals surface area contributed by atoms with Crippen molar-refractivity contribution in [1.82, 2.24) is 15.5 Å². The summed E-state index contributed by atoms with van der Waals surface area (Å²) in [5.41, 5.74) is 0.847. The first-order valence-electron chi connectivity index (χ1n) is 10.7. The molecule has 8 heteroatoms. The lowest BCUT2D eigenvalue weighted by molar-refractivity contribution is 0.0925. The molecule has 7 nitrogen and oxygen atoms in total. The molecule has 2 heterocycles. The zero-order valence-electron chi connectivity index (χ0n) is 18.3. The van der Waals surface area contributed by atoms with Crippen molar-refractivity contribution < 1.29 is 13.9 Å². The molecule has 1 amide bonds. The van der Waals surface area contributed by atoms with Crippen molar-refractivity contribution >= 4 is 35.8 Å². The predicted molar refractivity (Wildman–Crippen MR) is 133 cm³/mol. The number of carbonyl (C=O) groups excluding carboxylic acids is 1. The molecule has 0 radical (unpaired) electrons. The van der Waals surface area contributed by atoms with E-state index in [1.165, 1.54) is 6.26 Å². The summed E-state index contributed by atoms with van der Waals surface area (Å²) in [7, 11) is 0. The highest BCUT2D eigenvalue weighted by molar-refractivity contribution is 14.0. The van der Waals surface area contributed by atoms with Gasteiger partial charge in [-0.05, 0) is 38.5 Å². The van der Waals surface area contributed by atoms with E-state index >= 15 is 0 Å². The topological polar surface area (TPSA) is 79.1 Å². The maximum Gasteiger partial charge on any atom is 0.287 e. The minimum Gasteiger partial charge on any atom is -0.490 e. The zero-order valence-corrected chi connectivity index (χ0v) is 20.6. The number of likely N-dealkylation sites (tertiary alicyclic amines) is 1. The third-order valence-corrected chi connectivity index (χ3v) is 5.07. The van der Waals surface area contributed by atoms with Crippen LogP contribution in [0.2, 0.25) is 0 Å². The zero-order chi connectivity index (χ0) is 21.2. The SMILES string of the molecule is CCNC(=NCCCNC(=O)c1occc1C)N1CCC(Oc2ccccc2)CC1.I. The molecule has 1 fully saturated rings. The summed E-state index contributed by atoms with van der Waals surface area (Å²) in [6, 6.07) is 11.8. The number of hydrogen-bond donors (Lipinski definition) is 2. The fourth-order valence-corrected chi connectivity index (χ4v) is 3.45. The first kappa shape index (κ1) is 25.0. The number of piperidine rings is 1. The van der Waals surface area contributed by atoms with Crippen molar-refractivity contribution in [2.45, 2.75) is 39.2 Å². The molecule has 170 valence electrons. The van der Waals surface area contributed by atoms with E-state index < -0.39 is 0 Å². The van der Waals surface area contributed by atoms with Gasteiger partial charge in [-0.15, -0.1) is 24.0 Å². The van der Waals surface area contributed by atoms with Gasteiger partial charge in [0.2, 0.25) is 0 Å². The van der Waals surface area contributed by atoms with Gasteiger partial charge in [0.25, 0.3) is 5.91 Å². The van der Waals surface area contributed by atoms with Crippen LogP contribution in [0.25, 0.3) is 0 Å². The molecule has 31 heavy (non-hydrogen) atoms. The van der Waals surface area contributed by atoms with Gasteiger partial charge in [0.15, 0.2) is 11.7 Å². The number of aliphatic imine (C=N–C) groups is 1. The molecule has 0 spiro atoms. The number of rotatable bonds is 8. The second-order valence-electron chi connectivity index (χ2n) is 7.40. The second-order valence-corrected chi connectivity index (χ2v) is 7.40. The number of halogens is 1. The highest BCUT2D eigenvalue weighted by atomic mass is 127. The summed E-state index contributed by atoms with van der Waals surface area (Å²) in [6.45, 7) is 7.81. The van der Waals surface area contributed by atoms with E-state index in [1.54, 1.807) is 6.07 Å². The van der Waals surface area contributed by atoms with Crippen molar-refractivity contribution in [3.8, 4) is 5.75 Å². The number of guanidine groups is 1. The highest BCUT2D eigenvalue weighted by Crippen LogP contribution is 2.18. The Balaban J connectivity index is 0.00000341. The van der Waals surface area contributed by atoms with Gasteiger partial charge >= 0.3 is 0 Å². The van der Waals surface area contributed by atoms with Crippen LogP contribution in [0, 0.1) is 6.92 Å². The normalized spacial score (nSPS) is 14.6. The first-order chi connectivity index (χ1) is 14.7. The van der Waals surface area contributed by atoms with Crippen molar-refractivity contribution in [3.05, 3.63) is 54.0 Å². The fraction of sp³-hybridized carbons (Fsp3) is 0.478. The maximum atomic E-state index is 12.1. The summed E-state index contributed by atoms with van der Waals surface area (Å²) in [5, 5.41) is 6.27. The standard InChI is InChI=1S/C23H32N4O3.HI/c1-3-24-23(26-14-7-13-25-22(28)21-18(2)12-17-29-21)27-15-10-20(11-16-27)30-19-8-5-4-6-9-19;/h4-6,8-9,12,17,20H,3,7,10-11,13-16H2,1-2H3,(H,24,26)(H,25,28);1H. The Labute approximate surface area is 201 Å². The molecular formula is C23H33IN4O3. The van der Waals surface area contributed by atoms with E-state index in [4.69, 9.17) is 14.1 Å². The van der Waals surface area contributed by atoms with E-state index in [0.29, 0.717) is 18.8 Å². The molecule has 1 aliphatic rings. The van der Waals surface area contributed by atoms with Crippen LogP contribution in [0.15, 0.2) is 52.1 Å². The van der Waals surface area contributed by atoms with Crippen LogP contribution in [0.5, 0.6) is 5.75 Å². The van der Waals surface area contributed by atoms with Gasteiger partial charge in [-0.3, -0.25) is 9.79 Å². The molecule has 0 bridgehead atoms. The minimum absolute atomic E-state index is 0. The second kappa shape index (κ2) is 13.2. The van der Waals surface area contributed by atoms with E-state index in [2.05, 4.69) is 22.5 Å². The van der Waals surface area contributed by atoms with Crippen LogP contribution in [0.3, 0.4) is 0 Å². The first-order valence-corrected chi connectivity index (χ1v) is 10.7. The summed E-state index contributed by atoms with van der Waals surface area (Å²) >= 11 is 0. The Morgan fingerprint density at radius 1 is 1.19 bits per heavy atom. The lowest BCUT2D eigenvalue weighted by Crippen LogP contribution is -2.47. The smallest absolute Gasteiger partial charge is 0.287 e. The van der Waals surface area contributed by atoms with E-state index in [0.717, 1.165) is 56.2 Å². The molecule has 0 saturated carbocycles. The molecule has 0 aliphatic carbocycles. The number of furan rings is 1. The largest absolute Gasteiger partial charge is 0.490 e. The summed E-state index contributed by atoms with van der Waals surface area (Å²) < 4.78 is 11.3. The van der Waals surface area contributed by atoms with Crippen LogP contribution >= 0.6 is 24.0 Å². The van der Waals surface area contributed by atoms with Gasteiger partial charge < -0.3 is 24.7 Å². The molecule has 1 aromatic carbocycles. The molecule has 3 rings (SSSR count). The van der Waals surface area contributed by atoms with E-state index in [1.807, 2.05) is 37.3 Å². The van der Waals surface area contributed by atoms with Gasteiger partial charge in [0.1, 0.15) is 11.9 Å². The molecule has 1 aromatic heterocycles. The number of carbonyl (C=O) groups is 1. The molecule has 0 unspecified atom stereocenters. The highest BCUT2D eigenvalue weighted by Gasteiger charge is 2.22. The van der Waals surface area contributed by atoms with Gasteiger partial charge in [0, 0.05) is 51.1 Å². The van der Waals surface area contributed by atoms with Crippen LogP contribution in [0.1, 0.15) is 42.3 Å². The van der Waals surface area contributed by atoms with E-state index in [-0.39, 0.29) is 36.0 Å². The molecular weight excluding hydrogens is 507 g/mol. The van der Waals surface area contributed by atoms with Gasteiger partial charge in [-0.25, -0.2) is 0 Å². The number of hydrogen-bond acceptors (Lipinski definition) is 4. The van der Waals surface area contributed by atoms with Gasteiger partial charge in [-0.2, -0.15) is 0 Å². The Morgan fingerprint density at radius 2 is 1.94 bits per heavy atom. The Morgan fingerprint density at radius 3 is 2.58 bits per heavy atom. The van der Waals surface area contributed by atoms with Crippen LogP contribution in [0.4, 0.5) is 0 Å². The molecule has 0 atom stereocenters. The van der Waals surface area contributed by atoms with Crippen LogP contribution < -0.4 is 15.4 Å². The number of para-hydroxylation sites is 1. The lowest BCUT2D eigenvalue weighted by Gasteiger charge is -2.34. The summed E-state index contributed by atoms with van der Waals surface area (Å²) in [6.07, 6.45) is 4.49. The molecule has 1 aliphatic heterocycles. The average molecular weight is 540 g/mol. The van der Waals surface area contributed by atoms with Crippen molar-refractivity contribution in [2.24, 2.45) is 4.99 Å². The number of aryl methyl sites for hydroxylation is 1.